The first-order chi connectivity index (χ1) is 13.1. The molecule has 1 aromatic heterocycles. The molecule has 0 fully saturated rings. The van der Waals surface area contributed by atoms with Gasteiger partial charge in [-0.3, -0.25) is 9.59 Å². The number of hydrogen-bond donors (Lipinski definition) is 2. The van der Waals surface area contributed by atoms with Gasteiger partial charge in [0.1, 0.15) is 11.8 Å². The summed E-state index contributed by atoms with van der Waals surface area (Å²) in [5.74, 6) is 0.0316. The highest BCUT2D eigenvalue weighted by molar-refractivity contribution is 6.30. The van der Waals surface area contributed by atoms with Crippen LogP contribution in [0.25, 0.3) is 0 Å². The Morgan fingerprint density at radius 1 is 0.963 bits per heavy atom. The van der Waals surface area contributed by atoms with Crippen LogP contribution < -0.4 is 10.6 Å². The normalized spacial score (nSPS) is 11.6. The van der Waals surface area contributed by atoms with Crippen molar-refractivity contribution < 1.29 is 14.0 Å². The largest absolute Gasteiger partial charge is 0.467 e. The topological polar surface area (TPSA) is 71.3 Å². The molecular weight excluding hydrogens is 364 g/mol. The number of benzene rings is 2. The van der Waals surface area contributed by atoms with Crippen molar-refractivity contribution in [1.29, 1.82) is 0 Å². The highest BCUT2D eigenvalue weighted by atomic mass is 35.5. The van der Waals surface area contributed by atoms with Gasteiger partial charge >= 0.3 is 0 Å². The summed E-state index contributed by atoms with van der Waals surface area (Å²) in [4.78, 5) is 25.2. The summed E-state index contributed by atoms with van der Waals surface area (Å²) in [6.45, 7) is 0.258. The van der Waals surface area contributed by atoms with Crippen LogP contribution in [0.15, 0.2) is 77.4 Å². The number of nitrogens with one attached hydrogen (secondary N) is 2. The van der Waals surface area contributed by atoms with Crippen LogP contribution in [0.4, 0.5) is 0 Å². The van der Waals surface area contributed by atoms with Crippen molar-refractivity contribution in [3.8, 4) is 0 Å². The number of hydrogen-bond acceptors (Lipinski definition) is 3. The summed E-state index contributed by atoms with van der Waals surface area (Å²) >= 11 is 5.87. The summed E-state index contributed by atoms with van der Waals surface area (Å²) in [5.41, 5.74) is 1.39. The first-order valence-corrected chi connectivity index (χ1v) is 8.90. The molecule has 2 amide bonds. The van der Waals surface area contributed by atoms with Crippen LogP contribution >= 0.6 is 11.6 Å². The molecule has 0 bridgehead atoms. The fourth-order valence-corrected chi connectivity index (χ4v) is 2.74. The molecule has 1 heterocycles. The zero-order valence-corrected chi connectivity index (χ0v) is 15.3. The number of furan rings is 1. The van der Waals surface area contributed by atoms with Crippen LogP contribution in [0.5, 0.6) is 0 Å². The van der Waals surface area contributed by atoms with E-state index >= 15 is 0 Å². The SMILES string of the molecule is O=C(N[C@@H](Cc1ccccc1)C(=O)NCc1ccco1)c1ccc(Cl)cc1. The second kappa shape index (κ2) is 9.05. The lowest BCUT2D eigenvalue weighted by molar-refractivity contribution is -0.123. The minimum atomic E-state index is -0.717. The summed E-state index contributed by atoms with van der Waals surface area (Å²) in [7, 11) is 0. The molecule has 3 rings (SSSR count). The molecule has 3 aromatic rings. The predicted octanol–water partition coefficient (Wildman–Crippen LogP) is 3.59. The molecule has 27 heavy (non-hydrogen) atoms. The molecule has 0 aliphatic carbocycles. The Bertz CT molecular complexity index is 878. The van der Waals surface area contributed by atoms with E-state index in [1.807, 2.05) is 30.3 Å². The molecule has 138 valence electrons. The quantitative estimate of drug-likeness (QED) is 0.656. The fraction of sp³-hybridized carbons (Fsp3) is 0.143. The highest BCUT2D eigenvalue weighted by Gasteiger charge is 2.22. The molecule has 0 saturated heterocycles. The van der Waals surface area contributed by atoms with E-state index < -0.39 is 6.04 Å². The number of carbonyl (C=O) groups is 2. The zero-order chi connectivity index (χ0) is 19.1. The first-order valence-electron chi connectivity index (χ1n) is 8.52. The van der Waals surface area contributed by atoms with Gasteiger partial charge < -0.3 is 15.1 Å². The third-order valence-corrected chi connectivity index (χ3v) is 4.28. The molecule has 0 radical (unpaired) electrons. The van der Waals surface area contributed by atoms with Crippen LogP contribution in [0.1, 0.15) is 21.7 Å². The van der Waals surface area contributed by atoms with Crippen LogP contribution in [0, 0.1) is 0 Å². The Balaban J connectivity index is 1.70. The molecule has 0 aliphatic heterocycles. The molecule has 2 aromatic carbocycles. The minimum Gasteiger partial charge on any atom is -0.467 e. The maximum Gasteiger partial charge on any atom is 0.251 e. The average Bonchev–Trinajstić information content (AvgIpc) is 3.20. The maximum atomic E-state index is 12.7. The van der Waals surface area contributed by atoms with Gasteiger partial charge in [0, 0.05) is 17.0 Å². The van der Waals surface area contributed by atoms with Gasteiger partial charge in [-0.1, -0.05) is 41.9 Å². The second-order valence-corrected chi connectivity index (χ2v) is 6.46. The molecule has 6 heteroatoms. The third-order valence-electron chi connectivity index (χ3n) is 4.03. The molecule has 0 aliphatic rings. The van der Waals surface area contributed by atoms with E-state index in [1.54, 1.807) is 42.7 Å². The molecule has 0 unspecified atom stereocenters. The maximum absolute atomic E-state index is 12.7. The first kappa shape index (κ1) is 18.7. The Morgan fingerprint density at radius 3 is 2.37 bits per heavy atom. The van der Waals surface area contributed by atoms with E-state index in [9.17, 15) is 9.59 Å². The Hall–Kier alpha value is -3.05. The fourth-order valence-electron chi connectivity index (χ4n) is 2.61. The summed E-state index contributed by atoms with van der Waals surface area (Å²) < 4.78 is 5.23. The predicted molar refractivity (Wildman–Crippen MR) is 103 cm³/mol. The van der Waals surface area contributed by atoms with Crippen LogP contribution in [-0.2, 0) is 17.8 Å². The molecule has 2 N–H and O–H groups in total. The summed E-state index contributed by atoms with van der Waals surface area (Å²) in [6.07, 6.45) is 1.93. The zero-order valence-electron chi connectivity index (χ0n) is 14.5. The monoisotopic (exact) mass is 382 g/mol. The molecule has 1 atom stereocenters. The lowest BCUT2D eigenvalue weighted by Crippen LogP contribution is -2.47. The number of rotatable bonds is 7. The number of amides is 2. The molecule has 5 nitrogen and oxygen atoms in total. The Labute approximate surface area is 162 Å². The van der Waals surface area contributed by atoms with Crippen molar-refractivity contribution in [2.75, 3.05) is 0 Å². The van der Waals surface area contributed by atoms with Crippen molar-refractivity contribution in [3.05, 3.63) is 94.9 Å². The van der Waals surface area contributed by atoms with E-state index in [2.05, 4.69) is 10.6 Å². The molecule has 0 saturated carbocycles. The van der Waals surface area contributed by atoms with Crippen LogP contribution in [0.2, 0.25) is 5.02 Å². The van der Waals surface area contributed by atoms with Crippen molar-refractivity contribution in [3.63, 3.8) is 0 Å². The van der Waals surface area contributed by atoms with E-state index in [4.69, 9.17) is 16.0 Å². The van der Waals surface area contributed by atoms with E-state index in [0.29, 0.717) is 22.8 Å². The van der Waals surface area contributed by atoms with E-state index in [1.165, 1.54) is 0 Å². The third kappa shape index (κ3) is 5.46. The lowest BCUT2D eigenvalue weighted by atomic mass is 10.0. The lowest BCUT2D eigenvalue weighted by Gasteiger charge is -2.18. The van der Waals surface area contributed by atoms with E-state index in [0.717, 1.165) is 5.56 Å². The minimum absolute atomic E-state index is 0.258. The molecule has 0 spiro atoms. The average molecular weight is 383 g/mol. The van der Waals surface area contributed by atoms with Gasteiger partial charge in [-0.05, 0) is 42.0 Å². The summed E-state index contributed by atoms with van der Waals surface area (Å²) in [5, 5.41) is 6.15. The summed E-state index contributed by atoms with van der Waals surface area (Å²) in [6, 6.07) is 18.9. The van der Waals surface area contributed by atoms with Crippen LogP contribution in [-0.4, -0.2) is 17.9 Å². The van der Waals surface area contributed by atoms with E-state index in [-0.39, 0.29) is 18.4 Å². The van der Waals surface area contributed by atoms with Gasteiger partial charge in [-0.15, -0.1) is 0 Å². The number of carbonyl (C=O) groups excluding carboxylic acids is 2. The Morgan fingerprint density at radius 2 is 1.70 bits per heavy atom. The Kier molecular flexibility index (Phi) is 6.28. The van der Waals surface area contributed by atoms with Crippen molar-refractivity contribution >= 4 is 23.4 Å². The number of halogens is 1. The smallest absolute Gasteiger partial charge is 0.251 e. The second-order valence-electron chi connectivity index (χ2n) is 6.02. The van der Waals surface area contributed by atoms with Gasteiger partial charge in [0.25, 0.3) is 5.91 Å². The van der Waals surface area contributed by atoms with Crippen molar-refractivity contribution in [1.82, 2.24) is 10.6 Å². The van der Waals surface area contributed by atoms with Gasteiger partial charge in [-0.25, -0.2) is 0 Å². The van der Waals surface area contributed by atoms with Gasteiger partial charge in [0.15, 0.2) is 0 Å². The van der Waals surface area contributed by atoms with Crippen LogP contribution in [0.3, 0.4) is 0 Å². The molecular formula is C21H19ClN2O3. The standard InChI is InChI=1S/C21H19ClN2O3/c22-17-10-8-16(9-11-17)20(25)24-19(13-15-5-2-1-3-6-15)21(26)23-14-18-7-4-12-27-18/h1-12,19H,13-14H2,(H,23,26)(H,24,25)/t19-/m0/s1. The van der Waals surface area contributed by atoms with Gasteiger partial charge in [0.2, 0.25) is 5.91 Å². The van der Waals surface area contributed by atoms with Crippen molar-refractivity contribution in [2.24, 2.45) is 0 Å². The highest BCUT2D eigenvalue weighted by Crippen LogP contribution is 2.11. The van der Waals surface area contributed by atoms with Crippen molar-refractivity contribution in [2.45, 2.75) is 19.0 Å². The van der Waals surface area contributed by atoms with Gasteiger partial charge in [-0.2, -0.15) is 0 Å². The van der Waals surface area contributed by atoms with Gasteiger partial charge in [0.05, 0.1) is 12.8 Å².